The van der Waals surface area contributed by atoms with Crippen molar-refractivity contribution in [2.24, 2.45) is 0 Å². The normalized spacial score (nSPS) is 13.3. The lowest BCUT2D eigenvalue weighted by atomic mass is 9.99. The predicted molar refractivity (Wildman–Crippen MR) is 73.5 cm³/mol. The van der Waals surface area contributed by atoms with Gasteiger partial charge >= 0.3 is 0 Å². The van der Waals surface area contributed by atoms with Crippen LogP contribution in [0.3, 0.4) is 0 Å². The summed E-state index contributed by atoms with van der Waals surface area (Å²) in [6.07, 6.45) is 1.70. The molecule has 1 heterocycles. The summed E-state index contributed by atoms with van der Waals surface area (Å²) >= 11 is 1.48. The molecule has 0 aliphatic carbocycles. The Hall–Kier alpha value is -2.19. The third-order valence-electron chi connectivity index (χ3n) is 2.70. The van der Waals surface area contributed by atoms with Gasteiger partial charge in [-0.3, -0.25) is 4.79 Å². The van der Waals surface area contributed by atoms with E-state index in [0.717, 1.165) is 5.01 Å². The molecule has 1 N–H and O–H groups in total. The van der Waals surface area contributed by atoms with Crippen LogP contribution in [0.4, 0.5) is 0 Å². The van der Waals surface area contributed by atoms with Crippen molar-refractivity contribution in [2.75, 3.05) is 0 Å². The molecule has 2 aromatic rings. The summed E-state index contributed by atoms with van der Waals surface area (Å²) in [6.45, 7) is 1.86. The van der Waals surface area contributed by atoms with E-state index in [2.05, 4.69) is 10.3 Å². The second kappa shape index (κ2) is 6.12. The van der Waals surface area contributed by atoms with Crippen molar-refractivity contribution in [3.05, 3.63) is 52.5 Å². The zero-order chi connectivity index (χ0) is 13.7. The Bertz CT molecular complexity index is 574. The van der Waals surface area contributed by atoms with Gasteiger partial charge in [0.05, 0.1) is 12.1 Å². The van der Waals surface area contributed by atoms with Crippen LogP contribution in [0.25, 0.3) is 0 Å². The highest BCUT2D eigenvalue weighted by atomic mass is 32.1. The first kappa shape index (κ1) is 13.2. The van der Waals surface area contributed by atoms with Gasteiger partial charge in [0.25, 0.3) is 0 Å². The van der Waals surface area contributed by atoms with Crippen LogP contribution >= 0.6 is 11.3 Å². The van der Waals surface area contributed by atoms with Crippen molar-refractivity contribution in [3.63, 3.8) is 0 Å². The summed E-state index contributed by atoms with van der Waals surface area (Å²) in [4.78, 5) is 16.3. The van der Waals surface area contributed by atoms with Crippen molar-refractivity contribution in [2.45, 2.75) is 18.9 Å². The van der Waals surface area contributed by atoms with Gasteiger partial charge < -0.3 is 5.32 Å². The highest BCUT2D eigenvalue weighted by Gasteiger charge is 2.22. The first-order valence-corrected chi connectivity index (χ1v) is 6.74. The maximum absolute atomic E-state index is 12.1. The number of aromatic nitrogens is 1. The lowest BCUT2D eigenvalue weighted by molar-refractivity contribution is -0.122. The number of nitrogens with zero attached hydrogens (tertiary/aromatic N) is 2. The van der Waals surface area contributed by atoms with Crippen LogP contribution in [0.5, 0.6) is 0 Å². The third kappa shape index (κ3) is 3.18. The van der Waals surface area contributed by atoms with Gasteiger partial charge in [-0.15, -0.1) is 11.3 Å². The second-order valence-corrected chi connectivity index (χ2v) is 5.00. The lowest BCUT2D eigenvalue weighted by Gasteiger charge is -2.14. The fraction of sp³-hybridized carbons (Fsp3) is 0.214. The van der Waals surface area contributed by atoms with E-state index in [9.17, 15) is 4.79 Å². The Labute approximate surface area is 115 Å². The molecule has 0 radical (unpaired) electrons. The third-order valence-corrected chi connectivity index (χ3v) is 3.66. The van der Waals surface area contributed by atoms with Gasteiger partial charge in [0.1, 0.15) is 10.9 Å². The number of nitriles is 1. The monoisotopic (exact) mass is 271 g/mol. The molecular weight excluding hydrogens is 258 g/mol. The maximum atomic E-state index is 12.1. The highest BCUT2D eigenvalue weighted by Crippen LogP contribution is 2.19. The van der Waals surface area contributed by atoms with Gasteiger partial charge in [0.15, 0.2) is 0 Å². The van der Waals surface area contributed by atoms with E-state index in [1.54, 1.807) is 18.3 Å². The molecule has 0 aliphatic heterocycles. The molecule has 19 heavy (non-hydrogen) atoms. The summed E-state index contributed by atoms with van der Waals surface area (Å²) in [6, 6.07) is 10.9. The summed E-state index contributed by atoms with van der Waals surface area (Å²) in [5, 5.41) is 14.7. The smallest absolute Gasteiger partial charge is 0.242 e. The van der Waals surface area contributed by atoms with Gasteiger partial charge in [-0.1, -0.05) is 30.3 Å². The van der Waals surface area contributed by atoms with E-state index in [0.29, 0.717) is 5.56 Å². The molecule has 1 amide bonds. The van der Waals surface area contributed by atoms with E-state index in [1.807, 2.05) is 36.6 Å². The van der Waals surface area contributed by atoms with Crippen LogP contribution in [0.1, 0.15) is 29.5 Å². The molecule has 5 heteroatoms. The number of thiazole rings is 1. The molecule has 2 rings (SSSR count). The lowest BCUT2D eigenvalue weighted by Crippen LogP contribution is -2.31. The highest BCUT2D eigenvalue weighted by molar-refractivity contribution is 7.09. The topological polar surface area (TPSA) is 65.8 Å². The van der Waals surface area contributed by atoms with E-state index >= 15 is 0 Å². The van der Waals surface area contributed by atoms with Crippen LogP contribution in [0, 0.1) is 11.3 Å². The van der Waals surface area contributed by atoms with E-state index in [4.69, 9.17) is 5.26 Å². The second-order valence-electron chi connectivity index (χ2n) is 4.07. The van der Waals surface area contributed by atoms with E-state index < -0.39 is 5.92 Å². The number of carbonyl (C=O) groups is 1. The Morgan fingerprint density at radius 3 is 2.74 bits per heavy atom. The zero-order valence-electron chi connectivity index (χ0n) is 10.4. The molecule has 4 nitrogen and oxygen atoms in total. The maximum Gasteiger partial charge on any atom is 0.242 e. The standard InChI is InChI=1S/C14H13N3OS/c1-10(14-16-7-8-19-14)17-13(18)12(9-15)11-5-3-2-4-6-11/h2-8,10,12H,1H3,(H,17,18). The van der Waals surface area contributed by atoms with Gasteiger partial charge in [-0.25, -0.2) is 4.98 Å². The summed E-state index contributed by atoms with van der Waals surface area (Å²) in [5.74, 6) is -1.08. The van der Waals surface area contributed by atoms with Gasteiger partial charge in [0.2, 0.25) is 5.91 Å². The molecule has 1 aromatic heterocycles. The minimum absolute atomic E-state index is 0.188. The van der Waals surface area contributed by atoms with Crippen LogP contribution < -0.4 is 5.32 Å². The summed E-state index contributed by atoms with van der Waals surface area (Å²) in [7, 11) is 0. The molecule has 1 aromatic carbocycles. The first-order valence-electron chi connectivity index (χ1n) is 5.86. The number of benzene rings is 1. The quantitative estimate of drug-likeness (QED) is 0.929. The molecule has 0 bridgehead atoms. The average Bonchev–Trinajstić information content (AvgIpc) is 2.94. The molecule has 0 saturated heterocycles. The first-order chi connectivity index (χ1) is 9.22. The molecule has 2 atom stereocenters. The fourth-order valence-corrected chi connectivity index (χ4v) is 2.38. The number of rotatable bonds is 4. The molecule has 0 fully saturated rings. The fourth-order valence-electron chi connectivity index (χ4n) is 1.74. The average molecular weight is 271 g/mol. The molecule has 0 saturated carbocycles. The van der Waals surface area contributed by atoms with Crippen molar-refractivity contribution in [1.82, 2.24) is 10.3 Å². The summed E-state index contributed by atoms with van der Waals surface area (Å²) in [5.41, 5.74) is 0.703. The Morgan fingerprint density at radius 1 is 1.42 bits per heavy atom. The number of amides is 1. The van der Waals surface area contributed by atoms with Gasteiger partial charge in [0, 0.05) is 11.6 Å². The molecule has 0 aliphatic rings. The van der Waals surface area contributed by atoms with Crippen LogP contribution in [0.2, 0.25) is 0 Å². The van der Waals surface area contributed by atoms with Crippen LogP contribution in [-0.4, -0.2) is 10.9 Å². The SMILES string of the molecule is CC(NC(=O)C(C#N)c1ccccc1)c1nccs1. The molecular formula is C14H13N3OS. The van der Waals surface area contributed by atoms with E-state index in [1.165, 1.54) is 11.3 Å². The van der Waals surface area contributed by atoms with Crippen molar-refractivity contribution in [3.8, 4) is 6.07 Å². The largest absolute Gasteiger partial charge is 0.346 e. The zero-order valence-corrected chi connectivity index (χ0v) is 11.2. The van der Waals surface area contributed by atoms with E-state index in [-0.39, 0.29) is 11.9 Å². The van der Waals surface area contributed by atoms with Gasteiger partial charge in [-0.05, 0) is 12.5 Å². The minimum Gasteiger partial charge on any atom is -0.346 e. The Morgan fingerprint density at radius 2 is 2.16 bits per heavy atom. The van der Waals surface area contributed by atoms with Crippen LogP contribution in [-0.2, 0) is 4.79 Å². The number of hydrogen-bond donors (Lipinski definition) is 1. The van der Waals surface area contributed by atoms with Crippen molar-refractivity contribution in [1.29, 1.82) is 5.26 Å². The van der Waals surface area contributed by atoms with Gasteiger partial charge in [-0.2, -0.15) is 5.26 Å². The predicted octanol–water partition coefficient (Wildman–Crippen LogP) is 2.63. The summed E-state index contributed by atoms with van der Waals surface area (Å²) < 4.78 is 0. The number of nitrogens with one attached hydrogen (secondary N) is 1. The number of hydrogen-bond acceptors (Lipinski definition) is 4. The van der Waals surface area contributed by atoms with Crippen molar-refractivity contribution >= 4 is 17.2 Å². The van der Waals surface area contributed by atoms with Crippen molar-refractivity contribution < 1.29 is 4.79 Å². The number of carbonyl (C=O) groups excluding carboxylic acids is 1. The van der Waals surface area contributed by atoms with Crippen LogP contribution in [0.15, 0.2) is 41.9 Å². The minimum atomic E-state index is -0.788. The Balaban J connectivity index is 2.09. The molecule has 2 unspecified atom stereocenters. The molecule has 96 valence electrons. The molecule has 0 spiro atoms. The Kier molecular flexibility index (Phi) is 4.26.